The summed E-state index contributed by atoms with van der Waals surface area (Å²) in [7, 11) is 1.60. The molecular formula is C19H17N5O4. The van der Waals surface area contributed by atoms with Crippen LogP contribution in [0, 0.1) is 0 Å². The Morgan fingerprint density at radius 1 is 1.21 bits per heavy atom. The molecule has 0 aliphatic rings. The summed E-state index contributed by atoms with van der Waals surface area (Å²) in [6.07, 6.45) is 3.03. The zero-order valence-corrected chi connectivity index (χ0v) is 14.9. The second-order valence-corrected chi connectivity index (χ2v) is 5.48. The summed E-state index contributed by atoms with van der Waals surface area (Å²) in [5, 5.41) is 20.6. The minimum absolute atomic E-state index is 0.216. The minimum atomic E-state index is -1.06. The van der Waals surface area contributed by atoms with E-state index in [2.05, 4.69) is 25.7 Å². The molecule has 0 unspecified atom stereocenters. The Morgan fingerprint density at radius 3 is 2.75 bits per heavy atom. The Bertz CT molecular complexity index is 976. The first-order valence-electron chi connectivity index (χ1n) is 8.22. The Kier molecular flexibility index (Phi) is 6.09. The number of ether oxygens (including phenoxy) is 2. The van der Waals surface area contributed by atoms with Crippen molar-refractivity contribution in [2.45, 2.75) is 0 Å². The molecule has 0 aliphatic heterocycles. The van der Waals surface area contributed by atoms with E-state index >= 15 is 0 Å². The molecule has 1 heterocycles. The highest BCUT2D eigenvalue weighted by atomic mass is 16.5. The first kappa shape index (κ1) is 18.8. The number of hydrogen-bond acceptors (Lipinski definition) is 8. The number of carboxylic acid groups (broad SMARTS) is 1. The van der Waals surface area contributed by atoms with Crippen molar-refractivity contribution < 1.29 is 19.4 Å². The van der Waals surface area contributed by atoms with Gasteiger partial charge in [0.2, 0.25) is 0 Å². The van der Waals surface area contributed by atoms with Crippen LogP contribution in [0.25, 0.3) is 11.3 Å². The van der Waals surface area contributed by atoms with Crippen molar-refractivity contribution in [2.75, 3.05) is 19.1 Å². The molecule has 0 amide bonds. The first-order chi connectivity index (χ1) is 13.7. The average Bonchev–Trinajstić information content (AvgIpc) is 2.73. The second-order valence-electron chi connectivity index (χ2n) is 5.48. The highest BCUT2D eigenvalue weighted by molar-refractivity contribution is 5.84. The smallest absolute Gasteiger partial charge is 0.341 e. The van der Waals surface area contributed by atoms with Gasteiger partial charge in [0.05, 0.1) is 25.2 Å². The van der Waals surface area contributed by atoms with E-state index in [1.165, 1.54) is 6.21 Å². The normalized spacial score (nSPS) is 10.6. The zero-order chi connectivity index (χ0) is 19.8. The number of carboxylic acids is 1. The third-order valence-electron chi connectivity index (χ3n) is 3.58. The Balaban J connectivity index is 1.70. The van der Waals surface area contributed by atoms with Gasteiger partial charge in [-0.15, -0.1) is 5.10 Å². The van der Waals surface area contributed by atoms with Crippen molar-refractivity contribution in [3.05, 3.63) is 60.3 Å². The van der Waals surface area contributed by atoms with E-state index in [-0.39, 0.29) is 5.95 Å². The van der Waals surface area contributed by atoms with Gasteiger partial charge in [-0.25, -0.2) is 15.2 Å². The number of nitrogens with one attached hydrogen (secondary N) is 1. The number of rotatable bonds is 8. The Labute approximate surface area is 160 Å². The van der Waals surface area contributed by atoms with Crippen molar-refractivity contribution in [3.63, 3.8) is 0 Å². The van der Waals surface area contributed by atoms with E-state index in [1.54, 1.807) is 37.6 Å². The lowest BCUT2D eigenvalue weighted by Gasteiger charge is -2.06. The zero-order valence-electron chi connectivity index (χ0n) is 14.9. The molecule has 0 saturated heterocycles. The SMILES string of the molecule is COc1ccc(-c2cnnc(N/N=C\c3ccccc3OCC(=O)O)n2)cc1. The van der Waals surface area contributed by atoms with Gasteiger partial charge in [0.15, 0.2) is 6.61 Å². The van der Waals surface area contributed by atoms with Gasteiger partial charge >= 0.3 is 5.97 Å². The number of aromatic nitrogens is 3. The molecule has 0 atom stereocenters. The third kappa shape index (κ3) is 5.01. The van der Waals surface area contributed by atoms with Gasteiger partial charge < -0.3 is 14.6 Å². The second kappa shape index (κ2) is 9.08. The van der Waals surface area contributed by atoms with Crippen molar-refractivity contribution in [3.8, 4) is 22.8 Å². The molecule has 2 N–H and O–H groups in total. The highest BCUT2D eigenvalue weighted by Crippen LogP contribution is 2.20. The van der Waals surface area contributed by atoms with E-state index in [9.17, 15) is 4.79 Å². The topological polar surface area (TPSA) is 119 Å². The monoisotopic (exact) mass is 379 g/mol. The summed E-state index contributed by atoms with van der Waals surface area (Å²) in [6.45, 7) is -0.435. The molecule has 0 bridgehead atoms. The number of methoxy groups -OCH3 is 1. The number of aliphatic carboxylic acids is 1. The van der Waals surface area contributed by atoms with E-state index in [0.29, 0.717) is 17.0 Å². The maximum atomic E-state index is 10.7. The molecule has 3 aromatic rings. The average molecular weight is 379 g/mol. The standard InChI is InChI=1S/C19H17N5O4/c1-27-15-8-6-13(7-9-15)16-11-21-24-19(22-16)23-20-10-14-4-2-3-5-17(14)28-12-18(25)26/h2-11H,12H2,1H3,(H,25,26)(H,22,23,24)/b20-10-. The van der Waals surface area contributed by atoms with Crippen LogP contribution in [0.15, 0.2) is 59.8 Å². The molecule has 0 saturated carbocycles. The molecule has 0 radical (unpaired) electrons. The molecule has 142 valence electrons. The van der Waals surface area contributed by atoms with Crippen LogP contribution in [-0.2, 0) is 4.79 Å². The summed E-state index contributed by atoms with van der Waals surface area (Å²) in [5.41, 5.74) is 4.80. The van der Waals surface area contributed by atoms with E-state index < -0.39 is 12.6 Å². The van der Waals surface area contributed by atoms with Crippen molar-refractivity contribution in [1.29, 1.82) is 0 Å². The van der Waals surface area contributed by atoms with Gasteiger partial charge in [-0.3, -0.25) is 0 Å². The Hall–Kier alpha value is -4.01. The van der Waals surface area contributed by atoms with E-state index in [1.807, 2.05) is 24.3 Å². The number of hydrazone groups is 1. The Morgan fingerprint density at radius 2 is 2.00 bits per heavy atom. The summed E-state index contributed by atoms with van der Waals surface area (Å²) >= 11 is 0. The minimum Gasteiger partial charge on any atom is -0.497 e. The third-order valence-corrected chi connectivity index (χ3v) is 3.58. The van der Waals surface area contributed by atoms with Crippen LogP contribution in [0.2, 0.25) is 0 Å². The van der Waals surface area contributed by atoms with Crippen molar-refractivity contribution in [2.24, 2.45) is 5.10 Å². The van der Waals surface area contributed by atoms with Crippen molar-refractivity contribution >= 4 is 18.1 Å². The van der Waals surface area contributed by atoms with Gasteiger partial charge in [-0.05, 0) is 36.4 Å². The largest absolute Gasteiger partial charge is 0.497 e. The van der Waals surface area contributed by atoms with Crippen LogP contribution >= 0.6 is 0 Å². The summed E-state index contributed by atoms with van der Waals surface area (Å²) in [5.74, 6) is 0.312. The van der Waals surface area contributed by atoms with Gasteiger partial charge in [-0.1, -0.05) is 12.1 Å². The summed E-state index contributed by atoms with van der Waals surface area (Å²) < 4.78 is 10.4. The molecule has 0 spiro atoms. The van der Waals surface area contributed by atoms with Crippen LogP contribution in [-0.4, -0.2) is 46.2 Å². The number of anilines is 1. The molecule has 3 rings (SSSR count). The number of hydrogen-bond donors (Lipinski definition) is 2. The fraction of sp³-hybridized carbons (Fsp3) is 0.105. The number of benzene rings is 2. The molecule has 1 aromatic heterocycles. The maximum Gasteiger partial charge on any atom is 0.341 e. The molecule has 0 aliphatic carbocycles. The molecular weight excluding hydrogens is 362 g/mol. The number of nitrogens with zero attached hydrogens (tertiary/aromatic N) is 4. The summed E-state index contributed by atoms with van der Waals surface area (Å²) in [4.78, 5) is 15.0. The van der Waals surface area contributed by atoms with Crippen LogP contribution in [0.1, 0.15) is 5.56 Å². The molecule has 2 aromatic carbocycles. The lowest BCUT2D eigenvalue weighted by Crippen LogP contribution is -2.10. The quantitative estimate of drug-likeness (QED) is 0.452. The van der Waals surface area contributed by atoms with Crippen molar-refractivity contribution in [1.82, 2.24) is 15.2 Å². The molecule has 0 fully saturated rings. The van der Waals surface area contributed by atoms with Gasteiger partial charge in [0, 0.05) is 11.1 Å². The van der Waals surface area contributed by atoms with Crippen LogP contribution < -0.4 is 14.9 Å². The number of para-hydroxylation sites is 1. The maximum absolute atomic E-state index is 10.7. The van der Waals surface area contributed by atoms with Crippen LogP contribution in [0.5, 0.6) is 11.5 Å². The molecule has 9 nitrogen and oxygen atoms in total. The molecule has 9 heteroatoms. The van der Waals surface area contributed by atoms with Crippen LogP contribution in [0.4, 0.5) is 5.95 Å². The lowest BCUT2D eigenvalue weighted by atomic mass is 10.1. The van der Waals surface area contributed by atoms with Gasteiger partial charge in [0.25, 0.3) is 5.95 Å². The summed E-state index contributed by atoms with van der Waals surface area (Å²) in [6, 6.07) is 14.3. The van der Waals surface area contributed by atoms with Crippen LogP contribution in [0.3, 0.4) is 0 Å². The lowest BCUT2D eigenvalue weighted by molar-refractivity contribution is -0.139. The fourth-order valence-electron chi connectivity index (χ4n) is 2.27. The molecule has 28 heavy (non-hydrogen) atoms. The highest BCUT2D eigenvalue weighted by Gasteiger charge is 2.05. The van der Waals surface area contributed by atoms with Gasteiger partial charge in [-0.2, -0.15) is 10.2 Å². The van der Waals surface area contributed by atoms with E-state index in [0.717, 1.165) is 11.3 Å². The predicted molar refractivity (Wildman–Crippen MR) is 103 cm³/mol. The predicted octanol–water partition coefficient (Wildman–Crippen LogP) is 2.46. The van der Waals surface area contributed by atoms with E-state index in [4.69, 9.17) is 14.6 Å². The number of carbonyl (C=O) groups is 1. The first-order valence-corrected chi connectivity index (χ1v) is 8.22. The van der Waals surface area contributed by atoms with Gasteiger partial charge in [0.1, 0.15) is 11.5 Å². The fourth-order valence-corrected chi connectivity index (χ4v) is 2.27.